The quantitative estimate of drug-likeness (QED) is 0.339. The number of pyridine rings is 1. The van der Waals surface area contributed by atoms with E-state index in [1.54, 1.807) is 0 Å². The monoisotopic (exact) mass is 544 g/mol. The van der Waals surface area contributed by atoms with Crippen molar-refractivity contribution in [3.63, 3.8) is 0 Å². The second kappa shape index (κ2) is 14.3. The van der Waals surface area contributed by atoms with Gasteiger partial charge in [0.15, 0.2) is 0 Å². The number of carbonyl (C=O) groups is 1. The second-order valence-electron chi connectivity index (χ2n) is 10.7. The van der Waals surface area contributed by atoms with Crippen LogP contribution in [0.5, 0.6) is 0 Å². The van der Waals surface area contributed by atoms with Crippen molar-refractivity contribution in [2.75, 3.05) is 26.3 Å². The molecule has 2 saturated heterocycles. The molecule has 5 nitrogen and oxygen atoms in total. The van der Waals surface area contributed by atoms with Crippen LogP contribution in [0.15, 0.2) is 60.7 Å². The Balaban J connectivity index is 0.000000312. The molecule has 3 aromatic rings. The lowest BCUT2D eigenvalue weighted by molar-refractivity contribution is 0.0571. The number of allylic oxidation sites excluding steroid dienone is 1. The predicted molar refractivity (Wildman–Crippen MR) is 159 cm³/mol. The van der Waals surface area contributed by atoms with Gasteiger partial charge in [0, 0.05) is 30.8 Å². The fourth-order valence-corrected chi connectivity index (χ4v) is 5.37. The zero-order valence-electron chi connectivity index (χ0n) is 23.9. The van der Waals surface area contributed by atoms with Gasteiger partial charge in [-0.3, -0.25) is 4.79 Å². The van der Waals surface area contributed by atoms with E-state index < -0.39 is 0 Å². The van der Waals surface area contributed by atoms with Crippen LogP contribution in [0.3, 0.4) is 0 Å². The van der Waals surface area contributed by atoms with Gasteiger partial charge in [-0.1, -0.05) is 55.8 Å². The average molecular weight is 545 g/mol. The standard InChI is InChI=1S/C26H25FN2O.C8H16O2/c1-3-6-24-18(2)17-23(27)25(28-24)21-11-7-19(8-12-21)20-9-13-22(14-10-20)26(30)29-15-4-5-16-29;1-2-3-7-4-8(5-9)10-6-7/h3,6-14,17H,4-5,15-16H2,1-2H3;7-9H,2-6H2,1H3/b6-3+;/t;7-,8?/m.0/s1. The molecular weight excluding hydrogens is 503 g/mol. The van der Waals surface area contributed by atoms with E-state index in [1.165, 1.54) is 18.9 Å². The first-order valence-electron chi connectivity index (χ1n) is 14.5. The molecule has 2 atom stereocenters. The Morgan fingerprint density at radius 3 is 2.27 bits per heavy atom. The average Bonchev–Trinajstić information content (AvgIpc) is 3.68. The molecule has 1 amide bonds. The molecule has 40 heavy (non-hydrogen) atoms. The Bertz CT molecular complexity index is 1280. The van der Waals surface area contributed by atoms with Gasteiger partial charge in [-0.05, 0) is 86.4 Å². The molecule has 0 aliphatic carbocycles. The highest BCUT2D eigenvalue weighted by molar-refractivity contribution is 5.94. The van der Waals surface area contributed by atoms with E-state index in [9.17, 15) is 9.18 Å². The Kier molecular flexibility index (Phi) is 10.6. The van der Waals surface area contributed by atoms with Gasteiger partial charge < -0.3 is 14.7 Å². The van der Waals surface area contributed by atoms with E-state index in [0.717, 1.165) is 72.5 Å². The summed E-state index contributed by atoms with van der Waals surface area (Å²) in [4.78, 5) is 18.9. The van der Waals surface area contributed by atoms with Crippen molar-refractivity contribution in [3.8, 4) is 22.4 Å². The third kappa shape index (κ3) is 7.43. The van der Waals surface area contributed by atoms with Crippen LogP contribution in [-0.2, 0) is 4.74 Å². The summed E-state index contributed by atoms with van der Waals surface area (Å²) in [6, 6.07) is 16.9. The maximum atomic E-state index is 14.5. The number of aryl methyl sites for hydroxylation is 1. The molecule has 2 aromatic carbocycles. The molecule has 2 aliphatic rings. The van der Waals surface area contributed by atoms with Gasteiger partial charge in [0.05, 0.1) is 18.4 Å². The molecule has 0 bridgehead atoms. The number of benzene rings is 2. The molecule has 1 unspecified atom stereocenters. The van der Waals surface area contributed by atoms with Crippen LogP contribution in [0.2, 0.25) is 0 Å². The van der Waals surface area contributed by atoms with Gasteiger partial charge in [-0.25, -0.2) is 9.37 Å². The highest BCUT2D eigenvalue weighted by atomic mass is 19.1. The Morgan fingerprint density at radius 1 is 1.07 bits per heavy atom. The van der Waals surface area contributed by atoms with Gasteiger partial charge in [0.1, 0.15) is 11.5 Å². The number of carbonyl (C=O) groups excluding carboxylic acids is 1. The van der Waals surface area contributed by atoms with Crippen LogP contribution in [0.1, 0.15) is 67.6 Å². The van der Waals surface area contributed by atoms with Gasteiger partial charge in [-0.2, -0.15) is 0 Å². The summed E-state index contributed by atoms with van der Waals surface area (Å²) in [6.07, 6.45) is 9.63. The first-order chi connectivity index (χ1) is 19.4. The first kappa shape index (κ1) is 29.6. The van der Waals surface area contributed by atoms with Gasteiger partial charge in [-0.15, -0.1) is 0 Å². The van der Waals surface area contributed by atoms with Crippen molar-refractivity contribution >= 4 is 12.0 Å². The fraction of sp³-hybridized carbons (Fsp3) is 0.412. The summed E-state index contributed by atoms with van der Waals surface area (Å²) < 4.78 is 19.8. The van der Waals surface area contributed by atoms with E-state index in [-0.39, 0.29) is 24.4 Å². The number of hydrogen-bond donors (Lipinski definition) is 1. The molecule has 2 aliphatic heterocycles. The van der Waals surface area contributed by atoms with Crippen molar-refractivity contribution in [2.24, 2.45) is 5.92 Å². The number of ether oxygens (including phenoxy) is 1. The number of rotatable bonds is 7. The molecule has 3 heterocycles. The van der Waals surface area contributed by atoms with E-state index in [0.29, 0.717) is 11.6 Å². The first-order valence-corrected chi connectivity index (χ1v) is 14.5. The summed E-state index contributed by atoms with van der Waals surface area (Å²) in [5, 5.41) is 8.73. The van der Waals surface area contributed by atoms with Gasteiger partial charge >= 0.3 is 0 Å². The maximum Gasteiger partial charge on any atom is 0.253 e. The molecule has 1 aromatic heterocycles. The molecular formula is C34H41FN2O3. The van der Waals surface area contributed by atoms with Crippen LogP contribution >= 0.6 is 0 Å². The number of likely N-dealkylation sites (tertiary alicyclic amines) is 1. The van der Waals surface area contributed by atoms with E-state index in [2.05, 4.69) is 11.9 Å². The number of aliphatic hydroxyl groups is 1. The fourth-order valence-electron chi connectivity index (χ4n) is 5.37. The van der Waals surface area contributed by atoms with Gasteiger partial charge in [0.25, 0.3) is 5.91 Å². The summed E-state index contributed by atoms with van der Waals surface area (Å²) in [5.74, 6) is 0.493. The highest BCUT2D eigenvalue weighted by Gasteiger charge is 2.23. The Hall–Kier alpha value is -3.35. The SMILES string of the molecule is C/C=C/c1nc(-c2ccc(-c3ccc(C(=O)N4CCCC4)cc3)cc2)c(F)cc1C.CCC[C@@H]1COC(CO)C1. The van der Waals surface area contributed by atoms with Crippen molar-refractivity contribution in [1.29, 1.82) is 0 Å². The van der Waals surface area contributed by atoms with E-state index in [4.69, 9.17) is 9.84 Å². The molecule has 5 rings (SSSR count). The minimum Gasteiger partial charge on any atom is -0.394 e. The lowest BCUT2D eigenvalue weighted by Gasteiger charge is -2.15. The minimum absolute atomic E-state index is 0.104. The van der Waals surface area contributed by atoms with Crippen molar-refractivity contribution < 1.29 is 19.0 Å². The number of nitrogens with zero attached hydrogens (tertiary/aromatic N) is 2. The van der Waals surface area contributed by atoms with Crippen molar-refractivity contribution in [2.45, 2.75) is 59.0 Å². The minimum atomic E-state index is -0.321. The number of amides is 1. The van der Waals surface area contributed by atoms with Crippen molar-refractivity contribution in [3.05, 3.63) is 83.3 Å². The van der Waals surface area contributed by atoms with Crippen LogP contribution in [0.4, 0.5) is 4.39 Å². The number of aliphatic hydroxyl groups excluding tert-OH is 1. The lowest BCUT2D eigenvalue weighted by Crippen LogP contribution is -2.27. The molecule has 0 saturated carbocycles. The smallest absolute Gasteiger partial charge is 0.253 e. The third-order valence-electron chi connectivity index (χ3n) is 7.61. The normalized spacial score (nSPS) is 18.7. The van der Waals surface area contributed by atoms with E-state index in [1.807, 2.05) is 79.4 Å². The lowest BCUT2D eigenvalue weighted by atomic mass is 10.0. The summed E-state index contributed by atoms with van der Waals surface area (Å²) in [5.41, 5.74) is 5.44. The zero-order chi connectivity index (χ0) is 28.5. The topological polar surface area (TPSA) is 62.7 Å². The molecule has 0 spiro atoms. The zero-order valence-corrected chi connectivity index (χ0v) is 23.9. The van der Waals surface area contributed by atoms with Crippen LogP contribution in [-0.4, -0.2) is 53.3 Å². The molecule has 2 fully saturated rings. The Labute approximate surface area is 237 Å². The van der Waals surface area contributed by atoms with E-state index >= 15 is 0 Å². The molecule has 0 radical (unpaired) electrons. The van der Waals surface area contributed by atoms with Crippen molar-refractivity contribution in [1.82, 2.24) is 9.88 Å². The molecule has 6 heteroatoms. The summed E-state index contributed by atoms with van der Waals surface area (Å²) in [7, 11) is 0. The third-order valence-corrected chi connectivity index (χ3v) is 7.61. The maximum absolute atomic E-state index is 14.5. The van der Waals surface area contributed by atoms with Crippen LogP contribution in [0.25, 0.3) is 28.5 Å². The predicted octanol–water partition coefficient (Wildman–Crippen LogP) is 7.32. The highest BCUT2D eigenvalue weighted by Crippen LogP contribution is 2.28. The Morgan fingerprint density at radius 2 is 1.70 bits per heavy atom. The summed E-state index contributed by atoms with van der Waals surface area (Å²) >= 11 is 0. The molecule has 212 valence electrons. The van der Waals surface area contributed by atoms with Crippen LogP contribution < -0.4 is 0 Å². The van der Waals surface area contributed by atoms with Crippen LogP contribution in [0, 0.1) is 18.7 Å². The number of aromatic nitrogens is 1. The van der Waals surface area contributed by atoms with Gasteiger partial charge in [0.2, 0.25) is 0 Å². The number of halogens is 1. The summed E-state index contributed by atoms with van der Waals surface area (Å²) in [6.45, 7) is 8.72. The largest absolute Gasteiger partial charge is 0.394 e. The second-order valence-corrected chi connectivity index (χ2v) is 10.7. The number of hydrogen-bond acceptors (Lipinski definition) is 4. The molecule has 1 N–H and O–H groups in total.